The predicted molar refractivity (Wildman–Crippen MR) is 84.9 cm³/mol. The Morgan fingerprint density at radius 3 is 2.40 bits per heavy atom. The Kier molecular flexibility index (Phi) is 5.62. The van der Waals surface area contributed by atoms with E-state index in [9.17, 15) is 0 Å². The molecule has 1 N–H and O–H groups in total. The van der Waals surface area contributed by atoms with Gasteiger partial charge in [0, 0.05) is 6.54 Å². The van der Waals surface area contributed by atoms with Crippen molar-refractivity contribution in [2.45, 2.75) is 52.2 Å². The van der Waals surface area contributed by atoms with Gasteiger partial charge >= 0.3 is 0 Å². The van der Waals surface area contributed by atoms with E-state index in [1.54, 1.807) is 0 Å². The predicted octanol–water partition coefficient (Wildman–Crippen LogP) is 4.10. The average Bonchev–Trinajstić information content (AvgIpc) is 2.37. The minimum absolute atomic E-state index is 0.170. The number of nitrogens with one attached hydrogen (secondary N) is 1. The summed E-state index contributed by atoms with van der Waals surface area (Å²) in [5.74, 6) is 1.58. The summed E-state index contributed by atoms with van der Waals surface area (Å²) in [7, 11) is 2.00. The van der Waals surface area contributed by atoms with E-state index in [1.165, 1.54) is 30.4 Å². The zero-order chi connectivity index (χ0) is 14.5. The van der Waals surface area contributed by atoms with E-state index in [0.717, 1.165) is 18.4 Å². The van der Waals surface area contributed by atoms with Gasteiger partial charge in [0.05, 0.1) is 12.2 Å². The summed E-state index contributed by atoms with van der Waals surface area (Å²) < 4.78 is 6.48. The van der Waals surface area contributed by atoms with E-state index in [1.807, 2.05) is 7.05 Å². The van der Waals surface area contributed by atoms with Gasteiger partial charge in [-0.15, -0.1) is 0 Å². The lowest BCUT2D eigenvalue weighted by atomic mass is 9.81. The van der Waals surface area contributed by atoms with Gasteiger partial charge in [0.15, 0.2) is 0 Å². The molecule has 1 aliphatic carbocycles. The van der Waals surface area contributed by atoms with Crippen LogP contribution in [0, 0.1) is 18.8 Å². The Morgan fingerprint density at radius 1 is 1.15 bits per heavy atom. The van der Waals surface area contributed by atoms with Gasteiger partial charge in [-0.05, 0) is 56.2 Å². The van der Waals surface area contributed by atoms with Crippen LogP contribution in [-0.4, -0.2) is 19.7 Å². The topological polar surface area (TPSA) is 21.3 Å². The van der Waals surface area contributed by atoms with Crippen LogP contribution in [0.25, 0.3) is 0 Å². The highest BCUT2D eigenvalue weighted by atomic mass is 16.5. The molecule has 3 unspecified atom stereocenters. The van der Waals surface area contributed by atoms with Crippen molar-refractivity contribution in [3.63, 3.8) is 0 Å². The Hall–Kier alpha value is -0.860. The van der Waals surface area contributed by atoms with Gasteiger partial charge in [-0.2, -0.15) is 0 Å². The van der Waals surface area contributed by atoms with Crippen molar-refractivity contribution >= 4 is 0 Å². The van der Waals surface area contributed by atoms with Crippen LogP contribution >= 0.6 is 0 Å². The van der Waals surface area contributed by atoms with Crippen molar-refractivity contribution in [2.75, 3.05) is 13.6 Å². The third kappa shape index (κ3) is 4.07. The number of aryl methyl sites for hydroxylation is 1. The molecule has 1 fully saturated rings. The first kappa shape index (κ1) is 15.5. The fourth-order valence-corrected chi connectivity index (χ4v) is 3.58. The highest BCUT2D eigenvalue weighted by molar-refractivity contribution is 5.28. The van der Waals surface area contributed by atoms with Crippen LogP contribution in [0.5, 0.6) is 0 Å². The standard InChI is InChI=1S/C18H29NO/c1-13-9-14(2)11-16(10-13)20-18(12-19-4)17-8-6-5-7-15(17)3/h5-8,13-14,16,18-19H,9-12H2,1-4H3. The molecule has 3 atom stereocenters. The van der Waals surface area contributed by atoms with Crippen LogP contribution in [-0.2, 0) is 4.74 Å². The molecule has 0 bridgehead atoms. The molecule has 0 aliphatic heterocycles. The minimum Gasteiger partial charge on any atom is -0.369 e. The number of ether oxygens (including phenoxy) is 1. The molecule has 1 aliphatic rings. The molecule has 112 valence electrons. The summed E-state index contributed by atoms with van der Waals surface area (Å²) in [4.78, 5) is 0. The molecule has 2 heteroatoms. The Labute approximate surface area is 123 Å². The van der Waals surface area contributed by atoms with Crippen LogP contribution in [0.1, 0.15) is 50.3 Å². The molecule has 2 nitrogen and oxygen atoms in total. The lowest BCUT2D eigenvalue weighted by molar-refractivity contribution is -0.0493. The van der Waals surface area contributed by atoms with Crippen molar-refractivity contribution in [3.05, 3.63) is 35.4 Å². The monoisotopic (exact) mass is 275 g/mol. The number of benzene rings is 1. The lowest BCUT2D eigenvalue weighted by Gasteiger charge is -2.34. The SMILES string of the molecule is CNCC(OC1CC(C)CC(C)C1)c1ccccc1C. The third-order valence-electron chi connectivity index (χ3n) is 4.42. The molecule has 1 aromatic rings. The highest BCUT2D eigenvalue weighted by Crippen LogP contribution is 2.33. The van der Waals surface area contributed by atoms with Crippen molar-refractivity contribution in [2.24, 2.45) is 11.8 Å². The average molecular weight is 275 g/mol. The summed E-state index contributed by atoms with van der Waals surface area (Å²) in [6, 6.07) is 8.58. The highest BCUT2D eigenvalue weighted by Gasteiger charge is 2.27. The quantitative estimate of drug-likeness (QED) is 0.873. The number of rotatable bonds is 5. The maximum atomic E-state index is 6.48. The minimum atomic E-state index is 0.170. The maximum absolute atomic E-state index is 6.48. The van der Waals surface area contributed by atoms with Crippen molar-refractivity contribution < 1.29 is 4.74 Å². The number of likely N-dealkylation sites (N-methyl/N-ethyl adjacent to an activating group) is 1. The van der Waals surface area contributed by atoms with Gasteiger partial charge in [-0.3, -0.25) is 0 Å². The zero-order valence-electron chi connectivity index (χ0n) is 13.4. The second kappa shape index (κ2) is 7.24. The van der Waals surface area contributed by atoms with E-state index >= 15 is 0 Å². The molecule has 0 amide bonds. The summed E-state index contributed by atoms with van der Waals surface area (Å²) >= 11 is 0. The van der Waals surface area contributed by atoms with Gasteiger partial charge in [-0.1, -0.05) is 38.1 Å². The molecule has 0 spiro atoms. The molecule has 1 saturated carbocycles. The summed E-state index contributed by atoms with van der Waals surface area (Å²) in [6.45, 7) is 7.76. The maximum Gasteiger partial charge on any atom is 0.0955 e. The van der Waals surface area contributed by atoms with E-state index in [4.69, 9.17) is 4.74 Å². The Balaban J connectivity index is 2.07. The van der Waals surface area contributed by atoms with Crippen LogP contribution in [0.15, 0.2) is 24.3 Å². The lowest BCUT2D eigenvalue weighted by Crippen LogP contribution is -2.31. The fraction of sp³-hybridized carbons (Fsp3) is 0.667. The Bertz CT molecular complexity index is 408. The largest absolute Gasteiger partial charge is 0.369 e. The van der Waals surface area contributed by atoms with E-state index < -0.39 is 0 Å². The number of hydrogen-bond acceptors (Lipinski definition) is 2. The second-order valence-electron chi connectivity index (χ2n) is 6.58. The van der Waals surface area contributed by atoms with E-state index in [0.29, 0.717) is 6.10 Å². The first-order chi connectivity index (χ1) is 9.60. The molecule has 0 aromatic heterocycles. The van der Waals surface area contributed by atoms with Crippen molar-refractivity contribution in [1.82, 2.24) is 5.32 Å². The smallest absolute Gasteiger partial charge is 0.0955 e. The summed E-state index contributed by atoms with van der Waals surface area (Å²) in [6.07, 6.45) is 4.34. The molecule has 1 aromatic carbocycles. The molecule has 20 heavy (non-hydrogen) atoms. The molecule has 2 rings (SSSR count). The van der Waals surface area contributed by atoms with Gasteiger partial charge < -0.3 is 10.1 Å². The van der Waals surface area contributed by atoms with Gasteiger partial charge in [0.25, 0.3) is 0 Å². The zero-order valence-corrected chi connectivity index (χ0v) is 13.4. The van der Waals surface area contributed by atoms with Crippen molar-refractivity contribution in [1.29, 1.82) is 0 Å². The second-order valence-corrected chi connectivity index (χ2v) is 6.58. The first-order valence-corrected chi connectivity index (χ1v) is 7.95. The van der Waals surface area contributed by atoms with Crippen LogP contribution in [0.2, 0.25) is 0 Å². The van der Waals surface area contributed by atoms with Crippen LogP contribution < -0.4 is 5.32 Å². The molecular formula is C18H29NO. The normalized spacial score (nSPS) is 28.3. The number of hydrogen-bond donors (Lipinski definition) is 1. The van der Waals surface area contributed by atoms with Gasteiger partial charge in [0.2, 0.25) is 0 Å². The molecular weight excluding hydrogens is 246 g/mol. The van der Waals surface area contributed by atoms with E-state index in [-0.39, 0.29) is 6.10 Å². The van der Waals surface area contributed by atoms with Crippen molar-refractivity contribution in [3.8, 4) is 0 Å². The first-order valence-electron chi connectivity index (χ1n) is 7.95. The third-order valence-corrected chi connectivity index (χ3v) is 4.42. The van der Waals surface area contributed by atoms with Crippen LogP contribution in [0.3, 0.4) is 0 Å². The molecule has 0 heterocycles. The summed E-state index contributed by atoms with van der Waals surface area (Å²) in [5, 5.41) is 3.28. The van der Waals surface area contributed by atoms with Crippen LogP contribution in [0.4, 0.5) is 0 Å². The molecule has 0 radical (unpaired) electrons. The van der Waals surface area contributed by atoms with Gasteiger partial charge in [-0.25, -0.2) is 0 Å². The summed E-state index contributed by atoms with van der Waals surface area (Å²) in [5.41, 5.74) is 2.65. The van der Waals surface area contributed by atoms with E-state index in [2.05, 4.69) is 50.4 Å². The van der Waals surface area contributed by atoms with Gasteiger partial charge in [0.1, 0.15) is 0 Å². The molecule has 0 saturated heterocycles. The Morgan fingerprint density at radius 2 is 1.80 bits per heavy atom. The fourth-order valence-electron chi connectivity index (χ4n) is 3.58.